The van der Waals surface area contributed by atoms with Crippen molar-refractivity contribution in [2.24, 2.45) is 11.8 Å². The molecule has 0 aromatic heterocycles. The molecule has 3 unspecified atom stereocenters. The molecular formula is C19H36N2. The van der Waals surface area contributed by atoms with Crippen molar-refractivity contribution in [2.45, 2.75) is 96.2 Å². The Kier molecular flexibility index (Phi) is 5.61. The Morgan fingerprint density at radius 2 is 1.67 bits per heavy atom. The molecule has 1 aliphatic heterocycles. The van der Waals surface area contributed by atoms with Gasteiger partial charge in [-0.3, -0.25) is 4.90 Å². The van der Waals surface area contributed by atoms with E-state index in [2.05, 4.69) is 24.1 Å². The maximum atomic E-state index is 3.93. The summed E-state index contributed by atoms with van der Waals surface area (Å²) in [5, 5.41) is 3.93. The molecule has 0 aromatic carbocycles. The first-order valence-corrected chi connectivity index (χ1v) is 9.78. The molecule has 2 saturated carbocycles. The Morgan fingerprint density at radius 1 is 1.00 bits per heavy atom. The molecule has 1 N–H and O–H groups in total. The Bertz CT molecular complexity index is 305. The summed E-state index contributed by atoms with van der Waals surface area (Å²) >= 11 is 0. The molecule has 2 aliphatic carbocycles. The third kappa shape index (κ3) is 3.64. The summed E-state index contributed by atoms with van der Waals surface area (Å²) in [6, 6.07) is 2.48. The van der Waals surface area contributed by atoms with Crippen LogP contribution in [-0.2, 0) is 0 Å². The first-order valence-electron chi connectivity index (χ1n) is 9.78. The minimum absolute atomic E-state index is 0.732. The highest BCUT2D eigenvalue weighted by Crippen LogP contribution is 2.35. The number of nitrogens with zero attached hydrogens (tertiary/aromatic N) is 1. The van der Waals surface area contributed by atoms with Crippen molar-refractivity contribution < 1.29 is 0 Å². The molecule has 2 nitrogen and oxygen atoms in total. The van der Waals surface area contributed by atoms with Gasteiger partial charge in [-0.25, -0.2) is 0 Å². The van der Waals surface area contributed by atoms with Gasteiger partial charge in [-0.15, -0.1) is 0 Å². The van der Waals surface area contributed by atoms with E-state index in [1.807, 2.05) is 0 Å². The normalized spacial score (nSPS) is 35.1. The fourth-order valence-corrected chi connectivity index (χ4v) is 5.09. The van der Waals surface area contributed by atoms with Gasteiger partial charge in [-0.2, -0.15) is 0 Å². The van der Waals surface area contributed by atoms with E-state index in [1.54, 1.807) is 0 Å². The fourth-order valence-electron chi connectivity index (χ4n) is 5.09. The van der Waals surface area contributed by atoms with E-state index in [0.29, 0.717) is 0 Å². The molecule has 3 fully saturated rings. The summed E-state index contributed by atoms with van der Waals surface area (Å²) in [6.07, 6.45) is 14.6. The van der Waals surface area contributed by atoms with Gasteiger partial charge in [0.25, 0.3) is 0 Å². The number of nitrogens with one attached hydrogen (secondary N) is 1. The Morgan fingerprint density at radius 3 is 2.33 bits per heavy atom. The quantitative estimate of drug-likeness (QED) is 0.835. The molecule has 3 atom stereocenters. The first kappa shape index (κ1) is 15.8. The van der Waals surface area contributed by atoms with Gasteiger partial charge in [0.2, 0.25) is 0 Å². The molecule has 0 spiro atoms. The lowest BCUT2D eigenvalue weighted by Crippen LogP contribution is -2.62. The highest BCUT2D eigenvalue weighted by molar-refractivity contribution is 4.96. The van der Waals surface area contributed by atoms with Crippen LogP contribution in [-0.4, -0.2) is 36.1 Å². The van der Waals surface area contributed by atoms with E-state index < -0.39 is 0 Å². The molecule has 1 heterocycles. The second-order valence-corrected chi connectivity index (χ2v) is 8.00. The molecule has 2 heteroatoms. The van der Waals surface area contributed by atoms with Crippen LogP contribution >= 0.6 is 0 Å². The molecule has 0 aromatic rings. The Hall–Kier alpha value is -0.0800. The fraction of sp³-hybridized carbons (Fsp3) is 1.00. The minimum atomic E-state index is 0.732. The van der Waals surface area contributed by atoms with E-state index in [9.17, 15) is 0 Å². The van der Waals surface area contributed by atoms with Crippen molar-refractivity contribution >= 4 is 0 Å². The average molecular weight is 293 g/mol. The van der Waals surface area contributed by atoms with Crippen LogP contribution in [0.1, 0.15) is 78.1 Å². The van der Waals surface area contributed by atoms with E-state index >= 15 is 0 Å². The highest BCUT2D eigenvalue weighted by Gasteiger charge is 2.39. The van der Waals surface area contributed by atoms with E-state index in [1.165, 1.54) is 77.3 Å². The maximum absolute atomic E-state index is 3.93. The van der Waals surface area contributed by atoms with Gasteiger partial charge < -0.3 is 5.32 Å². The molecule has 3 rings (SSSR count). The smallest absolute Gasteiger partial charge is 0.0252 e. The zero-order valence-corrected chi connectivity index (χ0v) is 14.3. The largest absolute Gasteiger partial charge is 0.311 e. The third-order valence-corrected chi connectivity index (χ3v) is 6.74. The summed E-state index contributed by atoms with van der Waals surface area (Å²) in [4.78, 5) is 2.98. The SMILES string of the molecule is CCC(C)C1CN(C2CCCC2)C(C2CCCCC2)CN1. The van der Waals surface area contributed by atoms with Crippen LogP contribution in [0.4, 0.5) is 0 Å². The molecule has 122 valence electrons. The Labute approximate surface area is 132 Å². The van der Waals surface area contributed by atoms with Gasteiger partial charge in [0.1, 0.15) is 0 Å². The maximum Gasteiger partial charge on any atom is 0.0252 e. The standard InChI is InChI=1S/C19H36N2/c1-3-15(2)18-14-21(17-11-7-8-12-17)19(13-20-18)16-9-5-4-6-10-16/h15-20H,3-14H2,1-2H3. The topological polar surface area (TPSA) is 15.3 Å². The van der Waals surface area contributed by atoms with Crippen molar-refractivity contribution in [3.8, 4) is 0 Å². The van der Waals surface area contributed by atoms with Gasteiger partial charge >= 0.3 is 0 Å². The van der Waals surface area contributed by atoms with Gasteiger partial charge in [0.15, 0.2) is 0 Å². The lowest BCUT2D eigenvalue weighted by atomic mass is 9.80. The third-order valence-electron chi connectivity index (χ3n) is 6.74. The second kappa shape index (κ2) is 7.46. The first-order chi connectivity index (χ1) is 10.3. The molecule has 21 heavy (non-hydrogen) atoms. The lowest BCUT2D eigenvalue weighted by molar-refractivity contribution is 0.0267. The molecule has 0 amide bonds. The minimum Gasteiger partial charge on any atom is -0.311 e. The second-order valence-electron chi connectivity index (χ2n) is 8.00. The Balaban J connectivity index is 1.68. The zero-order chi connectivity index (χ0) is 14.7. The molecule has 1 saturated heterocycles. The molecule has 3 aliphatic rings. The number of piperazine rings is 1. The summed E-state index contributed by atoms with van der Waals surface area (Å²) in [5.41, 5.74) is 0. The van der Waals surface area contributed by atoms with Crippen LogP contribution in [0, 0.1) is 11.8 Å². The summed E-state index contributed by atoms with van der Waals surface area (Å²) in [5.74, 6) is 1.80. The van der Waals surface area contributed by atoms with Crippen LogP contribution in [0.25, 0.3) is 0 Å². The summed E-state index contributed by atoms with van der Waals surface area (Å²) < 4.78 is 0. The van der Waals surface area contributed by atoms with Crippen LogP contribution < -0.4 is 5.32 Å². The van der Waals surface area contributed by atoms with Crippen molar-refractivity contribution in [1.82, 2.24) is 10.2 Å². The molecule has 0 bridgehead atoms. The van der Waals surface area contributed by atoms with Gasteiger partial charge in [-0.1, -0.05) is 52.4 Å². The number of hydrogen-bond donors (Lipinski definition) is 1. The highest BCUT2D eigenvalue weighted by atomic mass is 15.3. The van der Waals surface area contributed by atoms with Crippen molar-refractivity contribution in [3.05, 3.63) is 0 Å². The van der Waals surface area contributed by atoms with Crippen LogP contribution in [0.15, 0.2) is 0 Å². The van der Waals surface area contributed by atoms with Crippen molar-refractivity contribution in [3.63, 3.8) is 0 Å². The summed E-state index contributed by atoms with van der Waals surface area (Å²) in [7, 11) is 0. The van der Waals surface area contributed by atoms with Crippen molar-refractivity contribution in [1.29, 1.82) is 0 Å². The molecule has 0 radical (unpaired) electrons. The van der Waals surface area contributed by atoms with E-state index in [-0.39, 0.29) is 0 Å². The van der Waals surface area contributed by atoms with Gasteiger partial charge in [0.05, 0.1) is 0 Å². The van der Waals surface area contributed by atoms with Crippen LogP contribution in [0.2, 0.25) is 0 Å². The lowest BCUT2D eigenvalue weighted by Gasteiger charge is -2.49. The van der Waals surface area contributed by atoms with Crippen LogP contribution in [0.5, 0.6) is 0 Å². The summed E-state index contributed by atoms with van der Waals surface area (Å²) in [6.45, 7) is 7.36. The molecular weight excluding hydrogens is 256 g/mol. The predicted octanol–water partition coefficient (Wildman–Crippen LogP) is 4.20. The average Bonchev–Trinajstić information content (AvgIpc) is 3.09. The zero-order valence-electron chi connectivity index (χ0n) is 14.3. The van der Waals surface area contributed by atoms with Crippen molar-refractivity contribution in [2.75, 3.05) is 13.1 Å². The monoisotopic (exact) mass is 292 g/mol. The van der Waals surface area contributed by atoms with Gasteiger partial charge in [0, 0.05) is 31.2 Å². The van der Waals surface area contributed by atoms with Crippen LogP contribution in [0.3, 0.4) is 0 Å². The number of rotatable bonds is 4. The predicted molar refractivity (Wildman–Crippen MR) is 90.6 cm³/mol. The van der Waals surface area contributed by atoms with E-state index in [4.69, 9.17) is 0 Å². The van der Waals surface area contributed by atoms with E-state index in [0.717, 1.165) is 30.0 Å². The van der Waals surface area contributed by atoms with Gasteiger partial charge in [-0.05, 0) is 37.5 Å². The number of hydrogen-bond acceptors (Lipinski definition) is 2.